The second-order valence-electron chi connectivity index (χ2n) is 7.63. The maximum atomic E-state index is 13.1. The fourth-order valence-corrected chi connectivity index (χ4v) is 4.06. The van der Waals surface area contributed by atoms with E-state index in [9.17, 15) is 4.79 Å². The summed E-state index contributed by atoms with van der Waals surface area (Å²) in [6.45, 7) is 10.1. The number of nitrogens with zero attached hydrogens (tertiary/aromatic N) is 6. The van der Waals surface area contributed by atoms with Crippen LogP contribution in [0.5, 0.6) is 11.5 Å². The van der Waals surface area contributed by atoms with E-state index >= 15 is 0 Å². The number of hydrogen-bond acceptors (Lipinski definition) is 7. The van der Waals surface area contributed by atoms with Crippen LogP contribution in [0, 0.1) is 13.8 Å². The topological polar surface area (TPSA) is 85.1 Å². The van der Waals surface area contributed by atoms with E-state index < -0.39 is 0 Å². The third-order valence-electron chi connectivity index (χ3n) is 5.92. The van der Waals surface area contributed by atoms with Gasteiger partial charge in [0.15, 0.2) is 22.8 Å². The molecule has 1 aromatic carbocycles. The van der Waals surface area contributed by atoms with Gasteiger partial charge in [-0.15, -0.1) is 10.2 Å². The molecule has 3 aromatic rings. The molecule has 1 fully saturated rings. The van der Waals surface area contributed by atoms with Crippen molar-refractivity contribution in [2.45, 2.75) is 20.8 Å². The number of aryl methyl sites for hydroxylation is 2. The van der Waals surface area contributed by atoms with Gasteiger partial charge in [-0.3, -0.25) is 4.79 Å². The van der Waals surface area contributed by atoms with E-state index in [1.54, 1.807) is 18.7 Å². The lowest BCUT2D eigenvalue weighted by Crippen LogP contribution is -2.48. The van der Waals surface area contributed by atoms with Crippen LogP contribution in [0.4, 0.5) is 0 Å². The van der Waals surface area contributed by atoms with Crippen LogP contribution in [-0.2, 0) is 0 Å². The maximum absolute atomic E-state index is 13.1. The van der Waals surface area contributed by atoms with Gasteiger partial charge in [0.25, 0.3) is 5.91 Å². The Hall–Kier alpha value is -3.20. The predicted octanol–water partition coefficient (Wildman–Crippen LogP) is 2.20. The van der Waals surface area contributed by atoms with Gasteiger partial charge in [0.05, 0.1) is 31.2 Å². The molecule has 1 aliphatic heterocycles. The third-order valence-corrected chi connectivity index (χ3v) is 5.92. The van der Waals surface area contributed by atoms with Crippen LogP contribution in [0.1, 0.15) is 28.8 Å². The summed E-state index contributed by atoms with van der Waals surface area (Å²) in [4.78, 5) is 17.3. The van der Waals surface area contributed by atoms with Crippen LogP contribution >= 0.6 is 0 Å². The zero-order valence-corrected chi connectivity index (χ0v) is 18.7. The number of benzene rings is 1. The van der Waals surface area contributed by atoms with Crippen molar-refractivity contribution in [3.05, 3.63) is 35.3 Å². The molecule has 3 heterocycles. The van der Waals surface area contributed by atoms with Gasteiger partial charge in [-0.1, -0.05) is 13.0 Å². The fraction of sp³-hybridized carbons (Fsp3) is 0.455. The Morgan fingerprint density at radius 2 is 1.74 bits per heavy atom. The number of likely N-dealkylation sites (N-methyl/N-ethyl adjacent to an activating group) is 1. The number of hydrogen-bond donors (Lipinski definition) is 0. The molecule has 1 amide bonds. The number of aromatic nitrogens is 4. The Labute approximate surface area is 181 Å². The Morgan fingerprint density at radius 1 is 1.03 bits per heavy atom. The molecule has 0 bridgehead atoms. The lowest BCUT2D eigenvalue weighted by Gasteiger charge is -2.33. The lowest BCUT2D eigenvalue weighted by molar-refractivity contribution is 0.0634. The zero-order chi connectivity index (χ0) is 22.1. The summed E-state index contributed by atoms with van der Waals surface area (Å²) in [6, 6.07) is 5.69. The highest BCUT2D eigenvalue weighted by atomic mass is 16.5. The van der Waals surface area contributed by atoms with Crippen molar-refractivity contribution in [3.8, 4) is 22.6 Å². The van der Waals surface area contributed by atoms with E-state index in [1.807, 2.05) is 36.9 Å². The normalized spacial score (nSPS) is 14.8. The summed E-state index contributed by atoms with van der Waals surface area (Å²) in [7, 11) is 3.21. The van der Waals surface area contributed by atoms with Gasteiger partial charge in [0, 0.05) is 26.2 Å². The van der Waals surface area contributed by atoms with Gasteiger partial charge < -0.3 is 19.3 Å². The Bertz CT molecular complexity index is 1120. The molecule has 31 heavy (non-hydrogen) atoms. The molecule has 1 aliphatic rings. The third kappa shape index (κ3) is 3.69. The molecule has 9 nitrogen and oxygen atoms in total. The lowest BCUT2D eigenvalue weighted by atomic mass is 10.1. The van der Waals surface area contributed by atoms with E-state index in [2.05, 4.69) is 27.1 Å². The minimum atomic E-state index is -0.0940. The van der Waals surface area contributed by atoms with Crippen molar-refractivity contribution in [2.75, 3.05) is 46.9 Å². The molecule has 0 aliphatic carbocycles. The largest absolute Gasteiger partial charge is 0.493 e. The van der Waals surface area contributed by atoms with Crippen molar-refractivity contribution in [1.29, 1.82) is 0 Å². The van der Waals surface area contributed by atoms with E-state index in [-0.39, 0.29) is 5.91 Å². The molecule has 4 rings (SSSR count). The highest BCUT2D eigenvalue weighted by Crippen LogP contribution is 2.35. The summed E-state index contributed by atoms with van der Waals surface area (Å²) in [5.41, 5.74) is 4.18. The number of rotatable bonds is 5. The van der Waals surface area contributed by atoms with Crippen LogP contribution in [0.15, 0.2) is 18.2 Å². The van der Waals surface area contributed by atoms with Gasteiger partial charge >= 0.3 is 0 Å². The number of carbonyl (C=O) groups is 1. The van der Waals surface area contributed by atoms with Crippen molar-refractivity contribution in [3.63, 3.8) is 0 Å². The van der Waals surface area contributed by atoms with E-state index in [1.165, 1.54) is 0 Å². The second-order valence-corrected chi connectivity index (χ2v) is 7.63. The molecule has 0 radical (unpaired) electrons. The van der Waals surface area contributed by atoms with E-state index in [0.717, 1.165) is 36.5 Å². The highest BCUT2D eigenvalue weighted by molar-refractivity contribution is 5.94. The first-order valence-corrected chi connectivity index (χ1v) is 10.4. The predicted molar refractivity (Wildman–Crippen MR) is 117 cm³/mol. The van der Waals surface area contributed by atoms with Crippen LogP contribution in [0.25, 0.3) is 16.8 Å². The first-order chi connectivity index (χ1) is 15.0. The Kier molecular flexibility index (Phi) is 5.77. The van der Waals surface area contributed by atoms with Crippen LogP contribution < -0.4 is 9.47 Å². The van der Waals surface area contributed by atoms with Crippen molar-refractivity contribution in [2.24, 2.45) is 0 Å². The maximum Gasteiger partial charge on any atom is 0.276 e. The minimum Gasteiger partial charge on any atom is -0.493 e. The van der Waals surface area contributed by atoms with Gasteiger partial charge in [-0.05, 0) is 38.1 Å². The molecular weight excluding hydrogens is 396 g/mol. The quantitative estimate of drug-likeness (QED) is 0.621. The molecule has 0 unspecified atom stereocenters. The second kappa shape index (κ2) is 8.50. The van der Waals surface area contributed by atoms with Gasteiger partial charge in [0.1, 0.15) is 0 Å². The van der Waals surface area contributed by atoms with Crippen molar-refractivity contribution >= 4 is 11.6 Å². The Morgan fingerprint density at radius 3 is 2.39 bits per heavy atom. The number of methoxy groups -OCH3 is 2. The summed E-state index contributed by atoms with van der Waals surface area (Å²) in [6.07, 6.45) is 0. The molecule has 0 spiro atoms. The number of amides is 1. The summed E-state index contributed by atoms with van der Waals surface area (Å²) < 4.78 is 12.5. The van der Waals surface area contributed by atoms with Gasteiger partial charge in [-0.25, -0.2) is 4.52 Å². The minimum absolute atomic E-state index is 0.0940. The first kappa shape index (κ1) is 21.0. The van der Waals surface area contributed by atoms with Crippen LogP contribution in [-0.4, -0.2) is 82.5 Å². The molecule has 0 atom stereocenters. The smallest absolute Gasteiger partial charge is 0.276 e. The number of piperazine rings is 1. The summed E-state index contributed by atoms with van der Waals surface area (Å²) in [5.74, 6) is 1.18. The van der Waals surface area contributed by atoms with E-state index in [0.29, 0.717) is 41.6 Å². The van der Waals surface area contributed by atoms with Crippen molar-refractivity contribution < 1.29 is 14.3 Å². The molecule has 2 aromatic heterocycles. The summed E-state index contributed by atoms with van der Waals surface area (Å²) >= 11 is 0. The fourth-order valence-electron chi connectivity index (χ4n) is 4.06. The average molecular weight is 425 g/mol. The van der Waals surface area contributed by atoms with Crippen LogP contribution in [0.2, 0.25) is 0 Å². The SMILES string of the molecule is CCN1CCN(C(=O)c2nnc3c(-c4ccc(OC)c(OC)c4)c(C)nn3c2C)CC1. The number of carbonyl (C=O) groups excluding carboxylic acids is 1. The monoisotopic (exact) mass is 424 g/mol. The van der Waals surface area contributed by atoms with Gasteiger partial charge in [-0.2, -0.15) is 5.10 Å². The molecule has 9 heteroatoms. The summed E-state index contributed by atoms with van der Waals surface area (Å²) in [5, 5.41) is 13.4. The van der Waals surface area contributed by atoms with E-state index in [4.69, 9.17) is 9.47 Å². The molecular formula is C22H28N6O3. The molecule has 1 saturated heterocycles. The average Bonchev–Trinajstić information content (AvgIpc) is 3.15. The Balaban J connectivity index is 1.72. The van der Waals surface area contributed by atoms with Gasteiger partial charge in [0.2, 0.25) is 0 Å². The molecule has 0 N–H and O–H groups in total. The molecule has 0 saturated carbocycles. The standard InChI is InChI=1S/C22H28N6O3/c1-6-26-9-11-27(12-10-26)22(29)20-15(3)28-21(24-23-20)19(14(2)25-28)16-7-8-17(30-4)18(13-16)31-5/h7-8,13H,6,9-12H2,1-5H3. The number of fused-ring (bicyclic) bond motifs is 1. The number of ether oxygens (including phenoxy) is 2. The zero-order valence-electron chi connectivity index (χ0n) is 18.7. The molecule has 164 valence electrons. The first-order valence-electron chi connectivity index (χ1n) is 10.4. The highest BCUT2D eigenvalue weighted by Gasteiger charge is 2.26. The van der Waals surface area contributed by atoms with Crippen LogP contribution in [0.3, 0.4) is 0 Å². The van der Waals surface area contributed by atoms with Crippen molar-refractivity contribution in [1.82, 2.24) is 29.6 Å².